The van der Waals surface area contributed by atoms with E-state index in [1.807, 2.05) is 7.05 Å². The van der Waals surface area contributed by atoms with Crippen LogP contribution in [0.1, 0.15) is 19.8 Å². The lowest BCUT2D eigenvalue weighted by molar-refractivity contribution is -0.133. The third-order valence-electron chi connectivity index (χ3n) is 2.93. The quantitative estimate of drug-likeness (QED) is 0.799. The number of nitrogens with zero attached hydrogens (tertiary/aromatic N) is 3. The fourth-order valence-corrected chi connectivity index (χ4v) is 3.21. The molecule has 1 unspecified atom stereocenters. The predicted octanol–water partition coefficient (Wildman–Crippen LogP) is 1.95. The van der Waals surface area contributed by atoms with E-state index in [4.69, 9.17) is 5.11 Å². The number of carboxylic acid groups (broad SMARTS) is 1. The fourth-order valence-electron chi connectivity index (χ4n) is 1.60. The summed E-state index contributed by atoms with van der Waals surface area (Å²) in [6.07, 6.45) is 2.59. The highest BCUT2D eigenvalue weighted by molar-refractivity contribution is 8.01. The van der Waals surface area contributed by atoms with Gasteiger partial charge in [-0.2, -0.15) is 0 Å². The molecule has 94 valence electrons. The summed E-state index contributed by atoms with van der Waals surface area (Å²) in [7, 11) is 2.02. The number of aromatic nitrogens is 2. The van der Waals surface area contributed by atoms with Gasteiger partial charge in [0.15, 0.2) is 4.34 Å². The topological polar surface area (TPSA) is 66.3 Å². The van der Waals surface area contributed by atoms with Crippen molar-refractivity contribution >= 4 is 34.2 Å². The van der Waals surface area contributed by atoms with Crippen LogP contribution in [-0.2, 0) is 4.79 Å². The molecule has 0 saturated heterocycles. The summed E-state index contributed by atoms with van der Waals surface area (Å²) < 4.78 is 0.720. The molecule has 1 aromatic heterocycles. The van der Waals surface area contributed by atoms with E-state index in [1.54, 1.807) is 0 Å². The van der Waals surface area contributed by atoms with Gasteiger partial charge < -0.3 is 10.0 Å². The standard InChI is InChI=1S/C10H15N3O2S2/c1-6(7-3-4-7)13(2)9-11-12-10(17-9)16-5-8(14)15/h6-7H,3-5H2,1-2H3,(H,14,15). The van der Waals surface area contributed by atoms with Gasteiger partial charge in [-0.05, 0) is 25.7 Å². The Balaban J connectivity index is 1.94. The lowest BCUT2D eigenvalue weighted by Crippen LogP contribution is -2.30. The number of aliphatic carboxylic acids is 1. The average Bonchev–Trinajstić information content (AvgIpc) is 3.03. The van der Waals surface area contributed by atoms with Gasteiger partial charge in [-0.25, -0.2) is 0 Å². The maximum absolute atomic E-state index is 10.4. The predicted molar refractivity (Wildman–Crippen MR) is 68.9 cm³/mol. The normalized spacial score (nSPS) is 16.8. The van der Waals surface area contributed by atoms with E-state index in [2.05, 4.69) is 22.0 Å². The molecule has 0 spiro atoms. The Kier molecular flexibility index (Phi) is 3.88. The molecular weight excluding hydrogens is 258 g/mol. The molecule has 1 N–H and O–H groups in total. The summed E-state index contributed by atoms with van der Waals surface area (Å²) in [6.45, 7) is 2.20. The molecule has 1 saturated carbocycles. The van der Waals surface area contributed by atoms with Crippen LogP contribution in [0.3, 0.4) is 0 Å². The zero-order chi connectivity index (χ0) is 12.4. The first kappa shape index (κ1) is 12.6. The van der Waals surface area contributed by atoms with Gasteiger partial charge in [-0.1, -0.05) is 23.1 Å². The van der Waals surface area contributed by atoms with Crippen LogP contribution in [0.2, 0.25) is 0 Å². The van der Waals surface area contributed by atoms with Crippen LogP contribution in [0, 0.1) is 5.92 Å². The van der Waals surface area contributed by atoms with Gasteiger partial charge in [-0.3, -0.25) is 4.79 Å². The van der Waals surface area contributed by atoms with E-state index in [0.29, 0.717) is 6.04 Å². The van der Waals surface area contributed by atoms with Gasteiger partial charge in [-0.15, -0.1) is 10.2 Å². The van der Waals surface area contributed by atoms with Crippen molar-refractivity contribution in [3.63, 3.8) is 0 Å². The molecule has 0 amide bonds. The van der Waals surface area contributed by atoms with Crippen LogP contribution in [-0.4, -0.2) is 40.1 Å². The lowest BCUT2D eigenvalue weighted by atomic mass is 10.2. The zero-order valence-corrected chi connectivity index (χ0v) is 11.4. The minimum absolute atomic E-state index is 0.0382. The van der Waals surface area contributed by atoms with E-state index in [-0.39, 0.29) is 5.75 Å². The van der Waals surface area contributed by atoms with Crippen LogP contribution in [0.25, 0.3) is 0 Å². The first-order valence-corrected chi connectivity index (χ1v) is 7.29. The number of hydrogen-bond donors (Lipinski definition) is 1. The van der Waals surface area contributed by atoms with Crippen molar-refractivity contribution in [3.8, 4) is 0 Å². The van der Waals surface area contributed by atoms with E-state index in [1.165, 1.54) is 35.9 Å². The largest absolute Gasteiger partial charge is 0.481 e. The molecular formula is C10H15N3O2S2. The Morgan fingerprint density at radius 2 is 2.35 bits per heavy atom. The molecule has 17 heavy (non-hydrogen) atoms. The number of rotatable bonds is 6. The second-order valence-corrected chi connectivity index (χ2v) is 6.40. The van der Waals surface area contributed by atoms with E-state index in [0.717, 1.165) is 15.4 Å². The molecule has 1 fully saturated rings. The Morgan fingerprint density at radius 1 is 1.65 bits per heavy atom. The molecule has 1 atom stereocenters. The van der Waals surface area contributed by atoms with E-state index in [9.17, 15) is 4.79 Å². The van der Waals surface area contributed by atoms with Gasteiger partial charge >= 0.3 is 5.97 Å². The molecule has 0 aromatic carbocycles. The first-order valence-electron chi connectivity index (χ1n) is 5.49. The number of carbonyl (C=O) groups is 1. The maximum atomic E-state index is 10.4. The third kappa shape index (κ3) is 3.32. The summed E-state index contributed by atoms with van der Waals surface area (Å²) in [4.78, 5) is 12.6. The Bertz CT molecular complexity index is 406. The molecule has 1 aliphatic rings. The van der Waals surface area contributed by atoms with Crippen molar-refractivity contribution < 1.29 is 9.90 Å². The monoisotopic (exact) mass is 273 g/mol. The molecule has 1 aromatic rings. The molecule has 2 rings (SSSR count). The number of thioether (sulfide) groups is 1. The Hall–Kier alpha value is -0.820. The van der Waals surface area contributed by atoms with Gasteiger partial charge in [0.25, 0.3) is 0 Å². The first-order chi connectivity index (χ1) is 8.08. The van der Waals surface area contributed by atoms with Crippen molar-refractivity contribution in [2.24, 2.45) is 5.92 Å². The van der Waals surface area contributed by atoms with Crippen molar-refractivity contribution in [1.29, 1.82) is 0 Å². The second kappa shape index (κ2) is 5.22. The summed E-state index contributed by atoms with van der Waals surface area (Å²) in [5.74, 6) is -0.0123. The van der Waals surface area contributed by atoms with Gasteiger partial charge in [0.2, 0.25) is 5.13 Å². The minimum atomic E-state index is -0.827. The van der Waals surface area contributed by atoms with Crippen LogP contribution >= 0.6 is 23.1 Å². The lowest BCUT2D eigenvalue weighted by Gasteiger charge is -2.23. The molecule has 0 aliphatic heterocycles. The van der Waals surface area contributed by atoms with Gasteiger partial charge in [0.1, 0.15) is 0 Å². The van der Waals surface area contributed by atoms with Gasteiger partial charge in [0.05, 0.1) is 5.75 Å². The second-order valence-electron chi connectivity index (χ2n) is 4.22. The average molecular weight is 273 g/mol. The van der Waals surface area contributed by atoms with Crippen molar-refractivity contribution in [2.45, 2.75) is 30.1 Å². The molecule has 5 nitrogen and oxygen atoms in total. The molecule has 0 bridgehead atoms. The van der Waals surface area contributed by atoms with Crippen molar-refractivity contribution in [3.05, 3.63) is 0 Å². The number of hydrogen-bond acceptors (Lipinski definition) is 6. The fraction of sp³-hybridized carbons (Fsp3) is 0.700. The number of anilines is 1. The molecule has 1 heterocycles. The van der Waals surface area contributed by atoms with Crippen LogP contribution < -0.4 is 4.90 Å². The zero-order valence-electron chi connectivity index (χ0n) is 9.79. The maximum Gasteiger partial charge on any atom is 0.313 e. The van der Waals surface area contributed by atoms with E-state index < -0.39 is 5.97 Å². The van der Waals surface area contributed by atoms with Crippen molar-refractivity contribution in [2.75, 3.05) is 17.7 Å². The SMILES string of the molecule is CC(C1CC1)N(C)c1nnc(SCC(=O)O)s1. The molecule has 7 heteroatoms. The summed E-state index contributed by atoms with van der Waals surface area (Å²) in [6, 6.07) is 0.486. The minimum Gasteiger partial charge on any atom is -0.481 e. The summed E-state index contributed by atoms with van der Waals surface area (Å²) in [5, 5.41) is 17.6. The van der Waals surface area contributed by atoms with Gasteiger partial charge in [0, 0.05) is 13.1 Å². The van der Waals surface area contributed by atoms with Crippen LogP contribution in [0.5, 0.6) is 0 Å². The van der Waals surface area contributed by atoms with Crippen molar-refractivity contribution in [1.82, 2.24) is 10.2 Å². The highest BCUT2D eigenvalue weighted by atomic mass is 32.2. The van der Waals surface area contributed by atoms with Crippen LogP contribution in [0.4, 0.5) is 5.13 Å². The molecule has 1 aliphatic carbocycles. The molecule has 0 radical (unpaired) electrons. The Labute approximate surface area is 108 Å². The third-order valence-corrected chi connectivity index (χ3v) is 5.06. The number of carboxylic acids is 1. The summed E-state index contributed by atoms with van der Waals surface area (Å²) >= 11 is 2.68. The summed E-state index contributed by atoms with van der Waals surface area (Å²) in [5.41, 5.74) is 0. The highest BCUT2D eigenvalue weighted by Gasteiger charge is 2.31. The smallest absolute Gasteiger partial charge is 0.313 e. The Morgan fingerprint density at radius 3 is 2.94 bits per heavy atom. The van der Waals surface area contributed by atoms with E-state index >= 15 is 0 Å². The van der Waals surface area contributed by atoms with Crippen LogP contribution in [0.15, 0.2) is 4.34 Å². The highest BCUT2D eigenvalue weighted by Crippen LogP contribution is 2.37.